The molecule has 0 aromatic heterocycles. The normalized spacial score (nSPS) is 28.8. The van der Waals surface area contributed by atoms with Crippen molar-refractivity contribution in [2.24, 2.45) is 11.8 Å². The third kappa shape index (κ3) is 2.61. The van der Waals surface area contributed by atoms with Crippen LogP contribution >= 0.6 is 15.9 Å². The Morgan fingerprint density at radius 1 is 1.30 bits per heavy atom. The van der Waals surface area contributed by atoms with Gasteiger partial charge in [-0.2, -0.15) is 0 Å². The Morgan fingerprint density at radius 3 is 2.70 bits per heavy atom. The standard InChI is InChI=1S/C14H18BrNO3S/c1-19-13-5-4-11(15)8-14(13)20(17,18)16-12-7-9-2-3-10(12)6-9/h4-5,8-10,12,16H,2-3,6-7H2,1H3/t9-,10-,12-/m1/s1. The molecule has 4 nitrogen and oxygen atoms in total. The van der Waals surface area contributed by atoms with Crippen LogP contribution in [0.4, 0.5) is 0 Å². The van der Waals surface area contributed by atoms with Crippen molar-refractivity contribution < 1.29 is 13.2 Å². The summed E-state index contributed by atoms with van der Waals surface area (Å²) < 4.78 is 33.9. The Labute approximate surface area is 128 Å². The molecule has 20 heavy (non-hydrogen) atoms. The first-order chi connectivity index (χ1) is 9.49. The summed E-state index contributed by atoms with van der Waals surface area (Å²) in [6.07, 6.45) is 4.54. The first-order valence-electron chi connectivity index (χ1n) is 6.85. The number of benzene rings is 1. The van der Waals surface area contributed by atoms with Crippen LogP contribution in [0.5, 0.6) is 5.75 Å². The average Bonchev–Trinajstić information content (AvgIpc) is 3.00. The highest BCUT2D eigenvalue weighted by molar-refractivity contribution is 9.10. The van der Waals surface area contributed by atoms with E-state index in [1.54, 1.807) is 18.2 Å². The van der Waals surface area contributed by atoms with Crippen molar-refractivity contribution in [3.63, 3.8) is 0 Å². The van der Waals surface area contributed by atoms with E-state index in [1.807, 2.05) is 0 Å². The van der Waals surface area contributed by atoms with Crippen LogP contribution in [-0.4, -0.2) is 21.6 Å². The van der Waals surface area contributed by atoms with Gasteiger partial charge in [-0.15, -0.1) is 0 Å². The fraction of sp³-hybridized carbons (Fsp3) is 0.571. The number of ether oxygens (including phenoxy) is 1. The summed E-state index contributed by atoms with van der Waals surface area (Å²) in [6.45, 7) is 0. The Bertz CT molecular complexity index is 617. The predicted octanol–water partition coefficient (Wildman–Crippen LogP) is 2.92. The molecule has 1 N–H and O–H groups in total. The van der Waals surface area contributed by atoms with Crippen LogP contribution in [0.25, 0.3) is 0 Å². The third-order valence-corrected chi connectivity index (χ3v) is 6.46. The second kappa shape index (κ2) is 5.31. The summed E-state index contributed by atoms with van der Waals surface area (Å²) in [4.78, 5) is 0.206. The largest absolute Gasteiger partial charge is 0.495 e. The minimum absolute atomic E-state index is 0.0856. The predicted molar refractivity (Wildman–Crippen MR) is 80.3 cm³/mol. The Balaban J connectivity index is 1.86. The summed E-state index contributed by atoms with van der Waals surface area (Å²) in [5.41, 5.74) is 0. The molecule has 0 radical (unpaired) electrons. The minimum atomic E-state index is -3.54. The molecule has 2 fully saturated rings. The first kappa shape index (κ1) is 14.4. The monoisotopic (exact) mass is 359 g/mol. The zero-order valence-corrected chi connectivity index (χ0v) is 13.7. The molecule has 2 bridgehead atoms. The molecule has 2 aliphatic carbocycles. The molecular formula is C14H18BrNO3S. The number of hydrogen-bond acceptors (Lipinski definition) is 3. The summed E-state index contributed by atoms with van der Waals surface area (Å²) in [6, 6.07) is 5.12. The zero-order valence-electron chi connectivity index (χ0n) is 11.3. The number of sulfonamides is 1. The van der Waals surface area contributed by atoms with Gasteiger partial charge in [-0.05, 0) is 49.3 Å². The lowest BCUT2D eigenvalue weighted by Gasteiger charge is -2.23. The van der Waals surface area contributed by atoms with E-state index in [9.17, 15) is 8.42 Å². The fourth-order valence-corrected chi connectivity index (χ4v) is 5.54. The highest BCUT2D eigenvalue weighted by Crippen LogP contribution is 2.45. The maximum Gasteiger partial charge on any atom is 0.244 e. The number of rotatable bonds is 4. The van der Waals surface area contributed by atoms with Gasteiger partial charge in [0.2, 0.25) is 10.0 Å². The van der Waals surface area contributed by atoms with E-state index in [4.69, 9.17) is 4.74 Å². The molecule has 6 heteroatoms. The SMILES string of the molecule is COc1ccc(Br)cc1S(=O)(=O)N[C@@H]1C[C@@H]2CC[C@@H]1C2. The van der Waals surface area contributed by atoms with Crippen LogP contribution in [-0.2, 0) is 10.0 Å². The summed E-state index contributed by atoms with van der Waals surface area (Å²) >= 11 is 3.32. The van der Waals surface area contributed by atoms with Gasteiger partial charge in [-0.3, -0.25) is 0 Å². The molecule has 0 unspecified atom stereocenters. The van der Waals surface area contributed by atoms with E-state index in [1.165, 1.54) is 20.0 Å². The minimum Gasteiger partial charge on any atom is -0.495 e. The van der Waals surface area contributed by atoms with Gasteiger partial charge in [0.1, 0.15) is 10.6 Å². The average molecular weight is 360 g/mol. The first-order valence-corrected chi connectivity index (χ1v) is 9.13. The molecule has 1 aromatic rings. The molecule has 0 spiro atoms. The van der Waals surface area contributed by atoms with E-state index < -0.39 is 10.0 Å². The van der Waals surface area contributed by atoms with Crippen molar-refractivity contribution in [3.8, 4) is 5.75 Å². The quantitative estimate of drug-likeness (QED) is 0.898. The lowest BCUT2D eigenvalue weighted by molar-refractivity contribution is 0.385. The van der Waals surface area contributed by atoms with E-state index >= 15 is 0 Å². The van der Waals surface area contributed by atoms with Crippen LogP contribution in [0.15, 0.2) is 27.6 Å². The van der Waals surface area contributed by atoms with Crippen LogP contribution in [0.3, 0.4) is 0 Å². The van der Waals surface area contributed by atoms with Crippen LogP contribution in [0.1, 0.15) is 25.7 Å². The van der Waals surface area contributed by atoms with Crippen molar-refractivity contribution in [2.45, 2.75) is 36.6 Å². The molecule has 0 saturated heterocycles. The molecule has 2 aliphatic rings. The summed E-state index contributed by atoms with van der Waals surface area (Å²) in [5.74, 6) is 1.59. The van der Waals surface area contributed by atoms with Crippen molar-refractivity contribution in [1.82, 2.24) is 4.72 Å². The zero-order chi connectivity index (χ0) is 14.3. The highest BCUT2D eigenvalue weighted by Gasteiger charge is 2.41. The van der Waals surface area contributed by atoms with E-state index in [0.717, 1.165) is 17.3 Å². The molecule has 110 valence electrons. The molecule has 0 heterocycles. The number of fused-ring (bicyclic) bond motifs is 2. The van der Waals surface area contributed by atoms with Gasteiger partial charge in [0, 0.05) is 10.5 Å². The molecule has 3 atom stereocenters. The third-order valence-electron chi connectivity index (χ3n) is 4.46. The van der Waals surface area contributed by atoms with Crippen LogP contribution in [0, 0.1) is 11.8 Å². The lowest BCUT2D eigenvalue weighted by Crippen LogP contribution is -2.38. The smallest absolute Gasteiger partial charge is 0.244 e. The van der Waals surface area contributed by atoms with Gasteiger partial charge in [0.05, 0.1) is 7.11 Å². The van der Waals surface area contributed by atoms with Crippen molar-refractivity contribution in [1.29, 1.82) is 0 Å². The maximum absolute atomic E-state index is 12.6. The van der Waals surface area contributed by atoms with Crippen molar-refractivity contribution in [2.75, 3.05) is 7.11 Å². The van der Waals surface area contributed by atoms with E-state index in [2.05, 4.69) is 20.7 Å². The number of hydrogen-bond donors (Lipinski definition) is 1. The van der Waals surface area contributed by atoms with Gasteiger partial charge in [-0.1, -0.05) is 22.4 Å². The number of nitrogens with one attached hydrogen (secondary N) is 1. The van der Waals surface area contributed by atoms with Crippen LogP contribution < -0.4 is 9.46 Å². The Morgan fingerprint density at radius 2 is 2.10 bits per heavy atom. The van der Waals surface area contributed by atoms with Crippen LogP contribution in [0.2, 0.25) is 0 Å². The second-order valence-electron chi connectivity index (χ2n) is 5.70. The van der Waals surface area contributed by atoms with Gasteiger partial charge < -0.3 is 4.74 Å². The summed E-state index contributed by atoms with van der Waals surface area (Å²) in [5, 5.41) is 0. The van der Waals surface area contributed by atoms with Gasteiger partial charge in [-0.25, -0.2) is 13.1 Å². The van der Waals surface area contributed by atoms with E-state index in [0.29, 0.717) is 17.6 Å². The molecule has 2 saturated carbocycles. The van der Waals surface area contributed by atoms with Crippen molar-refractivity contribution >= 4 is 26.0 Å². The molecule has 0 aliphatic heterocycles. The van der Waals surface area contributed by atoms with Gasteiger partial charge >= 0.3 is 0 Å². The lowest BCUT2D eigenvalue weighted by atomic mass is 9.96. The van der Waals surface area contributed by atoms with Crippen molar-refractivity contribution in [3.05, 3.63) is 22.7 Å². The fourth-order valence-electron chi connectivity index (χ4n) is 3.51. The highest BCUT2D eigenvalue weighted by atomic mass is 79.9. The molecule has 0 amide bonds. The van der Waals surface area contributed by atoms with Gasteiger partial charge in [0.25, 0.3) is 0 Å². The number of halogens is 1. The summed E-state index contributed by atoms with van der Waals surface area (Å²) in [7, 11) is -2.05. The topological polar surface area (TPSA) is 55.4 Å². The molecular weight excluding hydrogens is 342 g/mol. The second-order valence-corrected chi connectivity index (χ2v) is 8.30. The number of methoxy groups -OCH3 is 1. The van der Waals surface area contributed by atoms with Gasteiger partial charge in [0.15, 0.2) is 0 Å². The molecule has 3 rings (SSSR count). The van der Waals surface area contributed by atoms with E-state index in [-0.39, 0.29) is 10.9 Å². The molecule has 1 aromatic carbocycles. The Kier molecular flexibility index (Phi) is 3.81. The maximum atomic E-state index is 12.6. The Hall–Kier alpha value is -0.590.